The number of nitrogen functional groups attached to an aromatic ring is 1. The van der Waals surface area contributed by atoms with Gasteiger partial charge in [-0.05, 0) is 52.3 Å². The maximum Gasteiger partial charge on any atom is 0.410 e. The van der Waals surface area contributed by atoms with Crippen LogP contribution in [0.3, 0.4) is 0 Å². The van der Waals surface area contributed by atoms with Crippen molar-refractivity contribution in [2.24, 2.45) is 5.92 Å². The number of carbonyl (C=O) groups excluding carboxylic acids is 2. The molecule has 11 heteroatoms. The van der Waals surface area contributed by atoms with Crippen LogP contribution >= 0.6 is 11.3 Å². The number of nitrogens with one attached hydrogen (secondary N) is 1. The fraction of sp³-hybridized carbons (Fsp3) is 0.483. The van der Waals surface area contributed by atoms with Crippen molar-refractivity contribution in [1.82, 2.24) is 15.2 Å². The number of fused-ring (bicyclic) bond motifs is 3. The van der Waals surface area contributed by atoms with Crippen LogP contribution in [0.2, 0.25) is 0 Å². The number of thiophene rings is 1. The van der Waals surface area contributed by atoms with Gasteiger partial charge < -0.3 is 30.3 Å². The number of aryl methyl sites for hydroxylation is 1. The zero-order chi connectivity index (χ0) is 28.3. The molecule has 0 bridgehead atoms. The molecule has 0 radical (unpaired) electrons. The minimum Gasteiger partial charge on any atom is -0.491 e. The van der Waals surface area contributed by atoms with Crippen LogP contribution in [0.15, 0.2) is 24.3 Å². The van der Waals surface area contributed by atoms with E-state index < -0.39 is 11.6 Å². The number of hydrogen-bond donors (Lipinski definition) is 2. The first kappa shape index (κ1) is 26.6. The molecule has 2 aromatic heterocycles. The van der Waals surface area contributed by atoms with Gasteiger partial charge in [0.15, 0.2) is 0 Å². The van der Waals surface area contributed by atoms with Crippen LogP contribution in [0.25, 0.3) is 10.2 Å². The number of anilines is 2. The highest BCUT2D eigenvalue weighted by atomic mass is 32.1. The number of rotatable bonds is 3. The number of ether oxygens (including phenoxy) is 2. The molecule has 2 amide bonds. The quantitative estimate of drug-likeness (QED) is 0.479. The lowest BCUT2D eigenvalue weighted by molar-refractivity contribution is 0.0284. The molecule has 9 nitrogen and oxygen atoms in total. The second kappa shape index (κ2) is 9.79. The number of amides is 2. The number of aromatic nitrogens is 1. The Morgan fingerprint density at radius 1 is 1.25 bits per heavy atom. The molecule has 212 valence electrons. The molecule has 6 rings (SSSR count). The SMILES string of the molecule is Cc1ccc2c(N)c(C(=O)N[C@H]3COc4cc(N5CC[C@@H]6CN(C(=O)OC(C)(C)C)C[C@@H]65)cc(F)c4C3)sc2n1. The molecule has 40 heavy (non-hydrogen) atoms. The second-order valence-electron chi connectivity index (χ2n) is 11.9. The second-order valence-corrected chi connectivity index (χ2v) is 12.9. The summed E-state index contributed by atoms with van der Waals surface area (Å²) >= 11 is 1.25. The lowest BCUT2D eigenvalue weighted by Gasteiger charge is -2.31. The van der Waals surface area contributed by atoms with Gasteiger partial charge in [0.05, 0.1) is 17.8 Å². The number of nitrogens with two attached hydrogens (primary N) is 1. The van der Waals surface area contributed by atoms with Gasteiger partial charge >= 0.3 is 6.09 Å². The van der Waals surface area contributed by atoms with E-state index in [0.29, 0.717) is 52.1 Å². The summed E-state index contributed by atoms with van der Waals surface area (Å²) in [5, 5.41) is 3.72. The van der Waals surface area contributed by atoms with Crippen LogP contribution in [0, 0.1) is 18.7 Å². The van der Waals surface area contributed by atoms with E-state index >= 15 is 4.39 Å². The van der Waals surface area contributed by atoms with E-state index in [2.05, 4.69) is 15.2 Å². The highest BCUT2D eigenvalue weighted by Gasteiger charge is 2.44. The van der Waals surface area contributed by atoms with Crippen molar-refractivity contribution >= 4 is 44.9 Å². The van der Waals surface area contributed by atoms with Crippen LogP contribution in [0.1, 0.15) is 48.1 Å². The van der Waals surface area contributed by atoms with Gasteiger partial charge in [-0.2, -0.15) is 0 Å². The Morgan fingerprint density at radius 2 is 2.05 bits per heavy atom. The summed E-state index contributed by atoms with van der Waals surface area (Å²) in [6, 6.07) is 6.87. The third-order valence-corrected chi connectivity index (χ3v) is 8.95. The van der Waals surface area contributed by atoms with E-state index in [-0.39, 0.29) is 30.5 Å². The fourth-order valence-electron chi connectivity index (χ4n) is 5.95. The van der Waals surface area contributed by atoms with Gasteiger partial charge in [0, 0.05) is 60.4 Å². The molecule has 0 unspecified atom stereocenters. The molecule has 5 heterocycles. The Balaban J connectivity index is 1.14. The molecular weight excluding hydrogens is 533 g/mol. The van der Waals surface area contributed by atoms with Crippen molar-refractivity contribution in [3.05, 3.63) is 46.2 Å². The van der Waals surface area contributed by atoms with Crippen molar-refractivity contribution in [2.75, 3.05) is 36.9 Å². The number of hydrogen-bond acceptors (Lipinski definition) is 8. The highest BCUT2D eigenvalue weighted by molar-refractivity contribution is 7.21. The van der Waals surface area contributed by atoms with Crippen LogP contribution in [-0.4, -0.2) is 65.8 Å². The van der Waals surface area contributed by atoms with Crippen molar-refractivity contribution < 1.29 is 23.5 Å². The number of nitrogens with zero attached hydrogens (tertiary/aromatic N) is 3. The number of carbonyl (C=O) groups is 2. The molecule has 2 saturated heterocycles. The number of halogens is 1. The van der Waals surface area contributed by atoms with Crippen LogP contribution in [0.4, 0.5) is 20.6 Å². The Bertz CT molecular complexity index is 1500. The predicted molar refractivity (Wildman–Crippen MR) is 153 cm³/mol. The zero-order valence-corrected chi connectivity index (χ0v) is 23.9. The van der Waals surface area contributed by atoms with Crippen LogP contribution < -0.4 is 20.7 Å². The van der Waals surface area contributed by atoms with Crippen molar-refractivity contribution in [1.29, 1.82) is 0 Å². The minimum absolute atomic E-state index is 0.102. The molecule has 3 N–H and O–H groups in total. The number of likely N-dealkylation sites (tertiary alicyclic amines) is 1. The van der Waals surface area contributed by atoms with E-state index in [9.17, 15) is 9.59 Å². The summed E-state index contributed by atoms with van der Waals surface area (Å²) in [5.41, 5.74) is 8.14. The van der Waals surface area contributed by atoms with Crippen LogP contribution in [-0.2, 0) is 11.2 Å². The van der Waals surface area contributed by atoms with E-state index in [1.807, 2.05) is 45.9 Å². The summed E-state index contributed by atoms with van der Waals surface area (Å²) in [4.78, 5) is 35.2. The predicted octanol–water partition coefficient (Wildman–Crippen LogP) is 4.51. The first-order valence-corrected chi connectivity index (χ1v) is 14.4. The third-order valence-electron chi connectivity index (χ3n) is 7.84. The van der Waals surface area contributed by atoms with E-state index in [1.54, 1.807) is 11.0 Å². The van der Waals surface area contributed by atoms with Gasteiger partial charge in [-0.3, -0.25) is 4.79 Å². The summed E-state index contributed by atoms with van der Waals surface area (Å²) in [6.45, 7) is 9.67. The summed E-state index contributed by atoms with van der Waals surface area (Å²) < 4.78 is 27.0. The van der Waals surface area contributed by atoms with E-state index in [4.69, 9.17) is 15.2 Å². The summed E-state index contributed by atoms with van der Waals surface area (Å²) in [6.07, 6.45) is 0.931. The van der Waals surface area contributed by atoms with Gasteiger partial charge in [-0.1, -0.05) is 0 Å². The Morgan fingerprint density at radius 3 is 2.83 bits per heavy atom. The Labute approximate surface area is 236 Å². The Kier molecular flexibility index (Phi) is 6.52. The fourth-order valence-corrected chi connectivity index (χ4v) is 6.99. The lowest BCUT2D eigenvalue weighted by Crippen LogP contribution is -2.43. The molecule has 3 atom stereocenters. The maximum atomic E-state index is 15.5. The molecule has 0 aliphatic carbocycles. The van der Waals surface area contributed by atoms with Gasteiger partial charge in [-0.15, -0.1) is 11.3 Å². The average Bonchev–Trinajstić information content (AvgIpc) is 3.56. The largest absolute Gasteiger partial charge is 0.491 e. The summed E-state index contributed by atoms with van der Waals surface area (Å²) in [5.74, 6) is 0.128. The van der Waals surface area contributed by atoms with Crippen molar-refractivity contribution in [3.8, 4) is 5.75 Å². The van der Waals surface area contributed by atoms with Gasteiger partial charge in [-0.25, -0.2) is 14.2 Å². The van der Waals surface area contributed by atoms with E-state index in [1.165, 1.54) is 11.3 Å². The van der Waals surface area contributed by atoms with Gasteiger partial charge in [0.2, 0.25) is 0 Å². The average molecular weight is 568 g/mol. The normalized spacial score (nSPS) is 22.2. The van der Waals surface area contributed by atoms with E-state index in [0.717, 1.165) is 29.7 Å². The Hall–Kier alpha value is -3.60. The first-order chi connectivity index (χ1) is 19.0. The molecule has 1 aromatic carbocycles. The number of pyridine rings is 1. The van der Waals surface area contributed by atoms with Crippen molar-refractivity contribution in [2.45, 2.75) is 58.2 Å². The number of benzene rings is 1. The van der Waals surface area contributed by atoms with Crippen molar-refractivity contribution in [3.63, 3.8) is 0 Å². The molecule has 2 fully saturated rings. The third kappa shape index (κ3) is 4.91. The standard InChI is InChI=1S/C29H34FN5O4S/c1-15-5-6-19-24(31)25(40-27(19)32-15)26(36)33-17-9-20-21(30)10-18(11-23(20)38-14-17)35-8-7-16-12-34(13-22(16)35)28(37)39-29(2,3)4/h5-6,10-11,16-17,22H,7-9,12-14,31H2,1-4H3,(H,33,36)/t16-,17-,22+/m1/s1. The highest BCUT2D eigenvalue weighted by Crippen LogP contribution is 2.40. The van der Waals surface area contributed by atoms with Gasteiger partial charge in [0.25, 0.3) is 5.91 Å². The smallest absolute Gasteiger partial charge is 0.410 e. The zero-order valence-electron chi connectivity index (χ0n) is 23.1. The topological polar surface area (TPSA) is 110 Å². The molecule has 0 spiro atoms. The molecule has 0 saturated carbocycles. The molecular formula is C29H34FN5O4S. The lowest BCUT2D eigenvalue weighted by atomic mass is 10.0. The maximum absolute atomic E-state index is 15.5. The molecule has 3 aliphatic rings. The summed E-state index contributed by atoms with van der Waals surface area (Å²) in [7, 11) is 0. The monoisotopic (exact) mass is 567 g/mol. The first-order valence-electron chi connectivity index (χ1n) is 13.6. The molecule has 3 aromatic rings. The minimum atomic E-state index is -0.550. The molecule has 3 aliphatic heterocycles. The van der Waals surface area contributed by atoms with Crippen LogP contribution in [0.5, 0.6) is 5.75 Å². The van der Waals surface area contributed by atoms with Gasteiger partial charge in [0.1, 0.15) is 33.5 Å².